The molecule has 1 atom stereocenters. The van der Waals surface area contributed by atoms with E-state index in [2.05, 4.69) is 15.0 Å². The standard InChI is InChI=1S/C19H21N5O/c1-22(17-7-11-23(14-17)16-5-8-20-9-6-16)19(25)12-15-13-21-24-10-3-2-4-18(15)24/h2-6,8-10,13,17H,7,11-12,14H2,1H3. The van der Waals surface area contributed by atoms with Crippen molar-refractivity contribution in [2.45, 2.75) is 18.9 Å². The van der Waals surface area contributed by atoms with Crippen molar-refractivity contribution in [2.24, 2.45) is 0 Å². The molecule has 1 saturated heterocycles. The Morgan fingerprint density at radius 2 is 2.12 bits per heavy atom. The van der Waals surface area contributed by atoms with E-state index >= 15 is 0 Å². The summed E-state index contributed by atoms with van der Waals surface area (Å²) in [5, 5.41) is 4.31. The van der Waals surface area contributed by atoms with Gasteiger partial charge in [-0.05, 0) is 30.7 Å². The molecule has 1 unspecified atom stereocenters. The van der Waals surface area contributed by atoms with Crippen LogP contribution < -0.4 is 4.90 Å². The molecule has 25 heavy (non-hydrogen) atoms. The second-order valence-corrected chi connectivity index (χ2v) is 6.48. The van der Waals surface area contributed by atoms with Crippen molar-refractivity contribution in [3.63, 3.8) is 0 Å². The van der Waals surface area contributed by atoms with Crippen molar-refractivity contribution >= 4 is 17.1 Å². The Labute approximate surface area is 146 Å². The van der Waals surface area contributed by atoms with Crippen molar-refractivity contribution in [1.29, 1.82) is 0 Å². The summed E-state index contributed by atoms with van der Waals surface area (Å²) < 4.78 is 1.81. The van der Waals surface area contributed by atoms with Gasteiger partial charge in [-0.15, -0.1) is 0 Å². The van der Waals surface area contributed by atoms with E-state index in [1.807, 2.05) is 65.4 Å². The number of fused-ring (bicyclic) bond motifs is 1. The van der Waals surface area contributed by atoms with Gasteiger partial charge in [-0.2, -0.15) is 5.10 Å². The Kier molecular flexibility index (Phi) is 4.09. The quantitative estimate of drug-likeness (QED) is 0.732. The molecule has 1 amide bonds. The van der Waals surface area contributed by atoms with Gasteiger partial charge in [-0.25, -0.2) is 4.52 Å². The van der Waals surface area contributed by atoms with E-state index in [1.54, 1.807) is 6.20 Å². The zero-order chi connectivity index (χ0) is 17.2. The molecule has 6 heteroatoms. The van der Waals surface area contributed by atoms with Crippen LogP contribution in [0.25, 0.3) is 5.52 Å². The van der Waals surface area contributed by atoms with Gasteiger partial charge in [-0.3, -0.25) is 9.78 Å². The van der Waals surface area contributed by atoms with E-state index in [-0.39, 0.29) is 11.9 Å². The van der Waals surface area contributed by atoms with Gasteiger partial charge >= 0.3 is 0 Å². The zero-order valence-corrected chi connectivity index (χ0v) is 14.2. The van der Waals surface area contributed by atoms with Crippen LogP contribution in [0.4, 0.5) is 5.69 Å². The van der Waals surface area contributed by atoms with Gasteiger partial charge in [0.2, 0.25) is 5.91 Å². The second-order valence-electron chi connectivity index (χ2n) is 6.48. The number of carbonyl (C=O) groups is 1. The smallest absolute Gasteiger partial charge is 0.227 e. The first-order valence-corrected chi connectivity index (χ1v) is 8.54. The van der Waals surface area contributed by atoms with Crippen LogP contribution in [0.15, 0.2) is 55.1 Å². The Bertz CT molecular complexity index is 876. The number of anilines is 1. The molecule has 0 radical (unpaired) electrons. The summed E-state index contributed by atoms with van der Waals surface area (Å²) in [6, 6.07) is 10.2. The minimum absolute atomic E-state index is 0.139. The van der Waals surface area contributed by atoms with Crippen LogP contribution in [0.5, 0.6) is 0 Å². The number of nitrogens with zero attached hydrogens (tertiary/aromatic N) is 5. The normalized spacial score (nSPS) is 17.2. The second kappa shape index (κ2) is 6.55. The van der Waals surface area contributed by atoms with E-state index in [1.165, 1.54) is 5.69 Å². The lowest BCUT2D eigenvalue weighted by Crippen LogP contribution is -2.39. The molecule has 4 rings (SSSR count). The van der Waals surface area contributed by atoms with Crippen LogP contribution in [0.1, 0.15) is 12.0 Å². The van der Waals surface area contributed by atoms with E-state index in [9.17, 15) is 4.79 Å². The minimum atomic E-state index is 0.139. The lowest BCUT2D eigenvalue weighted by atomic mass is 10.1. The molecule has 4 heterocycles. The van der Waals surface area contributed by atoms with Gasteiger partial charge in [0.15, 0.2) is 0 Å². The number of likely N-dealkylation sites (N-methyl/N-ethyl adjacent to an activating group) is 1. The van der Waals surface area contributed by atoms with Crippen molar-refractivity contribution in [1.82, 2.24) is 19.5 Å². The molecular weight excluding hydrogens is 314 g/mol. The Hall–Kier alpha value is -2.89. The molecule has 1 fully saturated rings. The third-order valence-electron chi connectivity index (χ3n) is 4.98. The lowest BCUT2D eigenvalue weighted by molar-refractivity contribution is -0.130. The van der Waals surface area contributed by atoms with Gasteiger partial charge in [0.1, 0.15) is 0 Å². The number of hydrogen-bond donors (Lipinski definition) is 0. The fourth-order valence-electron chi connectivity index (χ4n) is 3.46. The molecule has 3 aromatic heterocycles. The number of amides is 1. The number of rotatable bonds is 4. The van der Waals surface area contributed by atoms with Gasteiger partial charge in [0.25, 0.3) is 0 Å². The van der Waals surface area contributed by atoms with Gasteiger partial charge < -0.3 is 9.80 Å². The first-order valence-electron chi connectivity index (χ1n) is 8.54. The minimum Gasteiger partial charge on any atom is -0.369 e. The number of pyridine rings is 2. The highest BCUT2D eigenvalue weighted by Crippen LogP contribution is 2.22. The van der Waals surface area contributed by atoms with Crippen molar-refractivity contribution in [2.75, 3.05) is 25.0 Å². The monoisotopic (exact) mass is 335 g/mol. The van der Waals surface area contributed by atoms with Crippen LogP contribution in [0.3, 0.4) is 0 Å². The molecule has 0 N–H and O–H groups in total. The molecule has 128 valence electrons. The highest BCUT2D eigenvalue weighted by molar-refractivity contribution is 5.81. The average Bonchev–Trinajstić information content (AvgIpc) is 3.30. The number of aromatic nitrogens is 3. The topological polar surface area (TPSA) is 53.7 Å². The summed E-state index contributed by atoms with van der Waals surface area (Å²) in [6.45, 7) is 1.82. The maximum Gasteiger partial charge on any atom is 0.227 e. The lowest BCUT2D eigenvalue weighted by Gasteiger charge is -2.25. The Balaban J connectivity index is 1.42. The molecular formula is C19H21N5O. The third kappa shape index (κ3) is 3.07. The van der Waals surface area contributed by atoms with Crippen LogP contribution in [0, 0.1) is 0 Å². The van der Waals surface area contributed by atoms with Crippen LogP contribution in [-0.4, -0.2) is 51.6 Å². The number of hydrogen-bond acceptors (Lipinski definition) is 4. The van der Waals surface area contributed by atoms with Gasteiger partial charge in [-0.1, -0.05) is 6.07 Å². The van der Waals surface area contributed by atoms with Crippen LogP contribution >= 0.6 is 0 Å². The summed E-state index contributed by atoms with van der Waals surface area (Å²) in [7, 11) is 1.91. The molecule has 3 aromatic rings. The molecule has 0 bridgehead atoms. The SMILES string of the molecule is CN(C(=O)Cc1cnn2ccccc12)C1CCN(c2ccncc2)C1. The van der Waals surface area contributed by atoms with Gasteiger partial charge in [0.05, 0.1) is 24.2 Å². The maximum atomic E-state index is 12.7. The molecule has 0 spiro atoms. The molecule has 0 aromatic carbocycles. The summed E-state index contributed by atoms with van der Waals surface area (Å²) in [5.74, 6) is 0.139. The largest absolute Gasteiger partial charge is 0.369 e. The van der Waals surface area contributed by atoms with Crippen molar-refractivity contribution in [3.05, 3.63) is 60.7 Å². The van der Waals surface area contributed by atoms with E-state index in [0.29, 0.717) is 6.42 Å². The van der Waals surface area contributed by atoms with Crippen LogP contribution in [-0.2, 0) is 11.2 Å². The zero-order valence-electron chi connectivity index (χ0n) is 14.2. The Morgan fingerprint density at radius 3 is 2.96 bits per heavy atom. The molecule has 0 saturated carbocycles. The van der Waals surface area contributed by atoms with E-state index in [0.717, 1.165) is 30.6 Å². The summed E-state index contributed by atoms with van der Waals surface area (Å²) in [6.07, 6.45) is 8.68. The van der Waals surface area contributed by atoms with Crippen molar-refractivity contribution in [3.8, 4) is 0 Å². The number of carbonyl (C=O) groups excluding carboxylic acids is 1. The molecule has 6 nitrogen and oxygen atoms in total. The van der Waals surface area contributed by atoms with E-state index in [4.69, 9.17) is 0 Å². The fraction of sp³-hybridized carbons (Fsp3) is 0.316. The highest BCUT2D eigenvalue weighted by atomic mass is 16.2. The van der Waals surface area contributed by atoms with E-state index < -0.39 is 0 Å². The predicted octanol–water partition coefficient (Wildman–Crippen LogP) is 2.01. The molecule has 1 aliphatic heterocycles. The van der Waals surface area contributed by atoms with Crippen molar-refractivity contribution < 1.29 is 4.79 Å². The molecule has 1 aliphatic rings. The summed E-state index contributed by atoms with van der Waals surface area (Å²) >= 11 is 0. The fourth-order valence-corrected chi connectivity index (χ4v) is 3.46. The predicted molar refractivity (Wildman–Crippen MR) is 96.5 cm³/mol. The Morgan fingerprint density at radius 1 is 1.28 bits per heavy atom. The highest BCUT2D eigenvalue weighted by Gasteiger charge is 2.28. The van der Waals surface area contributed by atoms with Crippen LogP contribution in [0.2, 0.25) is 0 Å². The first kappa shape index (κ1) is 15.6. The van der Waals surface area contributed by atoms with Gasteiger partial charge in [0, 0.05) is 50.0 Å². The summed E-state index contributed by atoms with van der Waals surface area (Å²) in [5.41, 5.74) is 3.14. The third-order valence-corrected chi connectivity index (χ3v) is 4.98. The summed E-state index contributed by atoms with van der Waals surface area (Å²) in [4.78, 5) is 21.0. The maximum absolute atomic E-state index is 12.7. The average molecular weight is 335 g/mol. The molecule has 0 aliphatic carbocycles. The first-order chi connectivity index (χ1) is 12.2.